The number of amides is 2. The minimum Gasteiger partial charge on any atom is -0.341 e. The third-order valence-corrected chi connectivity index (χ3v) is 10.5. The number of aromatic nitrogens is 4. The third kappa shape index (κ3) is 10.4. The molecule has 12 heteroatoms. The van der Waals surface area contributed by atoms with Crippen LogP contribution in [0.4, 0.5) is 0 Å². The van der Waals surface area contributed by atoms with E-state index in [-0.39, 0.29) is 18.0 Å². The molecule has 2 unspecified atom stereocenters. The van der Waals surface area contributed by atoms with Gasteiger partial charge in [0.2, 0.25) is 11.8 Å². The number of aryl methyl sites for hydroxylation is 2. The Labute approximate surface area is 275 Å². The van der Waals surface area contributed by atoms with Gasteiger partial charge >= 0.3 is 0 Å². The molecule has 2 aromatic rings. The first-order chi connectivity index (χ1) is 22.5. The van der Waals surface area contributed by atoms with Crippen LogP contribution in [0, 0.1) is 11.8 Å². The van der Waals surface area contributed by atoms with Gasteiger partial charge in [-0.2, -0.15) is 0 Å². The van der Waals surface area contributed by atoms with Gasteiger partial charge in [-0.25, -0.2) is 9.97 Å². The molecule has 0 bridgehead atoms. The minimum atomic E-state index is -0.0217. The Balaban J connectivity index is 0.000000182. The number of hydrogen-bond donors (Lipinski definition) is 2. The summed E-state index contributed by atoms with van der Waals surface area (Å²) < 4.78 is 4.29. The highest BCUT2D eigenvalue weighted by Gasteiger charge is 2.33. The quantitative estimate of drug-likeness (QED) is 0.405. The maximum absolute atomic E-state index is 12.8. The molecular formula is C34H58N10O2. The van der Waals surface area contributed by atoms with Crippen LogP contribution in [-0.4, -0.2) is 142 Å². The Bertz CT molecular complexity index is 1140. The topological polar surface area (TPSA) is 107 Å². The second-order valence-corrected chi connectivity index (χ2v) is 13.9. The number of likely N-dealkylation sites (N-methyl/N-ethyl adjacent to an activating group) is 2. The number of nitrogens with zero attached hydrogens (tertiary/aromatic N) is 8. The highest BCUT2D eigenvalue weighted by Crippen LogP contribution is 2.24. The molecule has 4 aliphatic rings. The van der Waals surface area contributed by atoms with Gasteiger partial charge in [-0.3, -0.25) is 14.5 Å². The first kappa shape index (κ1) is 34.5. The Morgan fingerprint density at radius 2 is 1.30 bits per heavy atom. The fourth-order valence-electron chi connectivity index (χ4n) is 7.38. The van der Waals surface area contributed by atoms with Gasteiger partial charge in [-0.15, -0.1) is 0 Å². The Kier molecular flexibility index (Phi) is 13.5. The predicted octanol–water partition coefficient (Wildman–Crippen LogP) is 1.61. The number of likely N-dealkylation sites (tertiary alicyclic amines) is 2. The van der Waals surface area contributed by atoms with E-state index in [1.54, 1.807) is 0 Å². The monoisotopic (exact) mass is 638 g/mol. The van der Waals surface area contributed by atoms with Crippen LogP contribution in [0.2, 0.25) is 0 Å². The van der Waals surface area contributed by atoms with E-state index in [4.69, 9.17) is 0 Å². The number of piperazine rings is 2. The summed E-state index contributed by atoms with van der Waals surface area (Å²) in [7, 11) is 4.19. The number of piperidine rings is 2. The normalized spacial score (nSPS) is 24.0. The highest BCUT2D eigenvalue weighted by atomic mass is 16.2. The number of carbonyl (C=O) groups is 2. The first-order valence-corrected chi connectivity index (χ1v) is 17.8. The van der Waals surface area contributed by atoms with E-state index in [0.29, 0.717) is 5.91 Å². The van der Waals surface area contributed by atoms with Crippen LogP contribution in [0.3, 0.4) is 0 Å². The van der Waals surface area contributed by atoms with Crippen LogP contribution in [0.5, 0.6) is 0 Å². The van der Waals surface area contributed by atoms with Gasteiger partial charge in [0.1, 0.15) is 6.04 Å². The van der Waals surface area contributed by atoms with E-state index in [9.17, 15) is 9.59 Å². The number of nitrogens with one attached hydrogen (secondary N) is 2. The summed E-state index contributed by atoms with van der Waals surface area (Å²) in [5.74, 6) is 2.15. The summed E-state index contributed by atoms with van der Waals surface area (Å²) in [5, 5.41) is 6.60. The molecule has 2 amide bonds. The van der Waals surface area contributed by atoms with Gasteiger partial charge in [-0.1, -0.05) is 0 Å². The van der Waals surface area contributed by atoms with Crippen molar-refractivity contribution in [2.24, 2.45) is 11.8 Å². The number of hydrogen-bond acceptors (Lipinski definition) is 8. The Hall–Kier alpha value is -2.80. The molecule has 4 saturated heterocycles. The minimum absolute atomic E-state index is 0.0217. The van der Waals surface area contributed by atoms with Crippen molar-refractivity contribution < 1.29 is 9.59 Å². The summed E-state index contributed by atoms with van der Waals surface area (Å²) in [6, 6.07) is 0.0214. The number of imidazole rings is 2. The lowest BCUT2D eigenvalue weighted by Crippen LogP contribution is -2.58. The molecule has 2 atom stereocenters. The lowest BCUT2D eigenvalue weighted by Gasteiger charge is -2.41. The zero-order valence-electron chi connectivity index (χ0n) is 28.3. The maximum Gasteiger partial charge on any atom is 0.241 e. The third-order valence-electron chi connectivity index (χ3n) is 10.5. The van der Waals surface area contributed by atoms with Crippen LogP contribution in [0.1, 0.15) is 51.4 Å². The van der Waals surface area contributed by atoms with Gasteiger partial charge in [0, 0.05) is 103 Å². The van der Waals surface area contributed by atoms with Crippen molar-refractivity contribution >= 4 is 11.8 Å². The maximum atomic E-state index is 12.8. The average Bonchev–Trinajstić information content (AvgIpc) is 3.82. The van der Waals surface area contributed by atoms with Gasteiger partial charge in [-0.05, 0) is 77.3 Å². The first-order valence-electron chi connectivity index (χ1n) is 17.8. The van der Waals surface area contributed by atoms with Crippen LogP contribution in [0.25, 0.3) is 0 Å². The van der Waals surface area contributed by atoms with Crippen LogP contribution in [-0.2, 0) is 22.7 Å². The molecule has 0 saturated carbocycles. The zero-order chi connectivity index (χ0) is 32.1. The summed E-state index contributed by atoms with van der Waals surface area (Å²) >= 11 is 0. The molecule has 12 nitrogen and oxygen atoms in total. The molecule has 0 aliphatic carbocycles. The van der Waals surface area contributed by atoms with Crippen LogP contribution < -0.4 is 10.6 Å². The highest BCUT2D eigenvalue weighted by molar-refractivity contribution is 5.83. The molecule has 0 radical (unpaired) electrons. The molecule has 6 rings (SSSR count). The summed E-state index contributed by atoms with van der Waals surface area (Å²) in [6.07, 6.45) is 21.0. The molecule has 46 heavy (non-hydrogen) atoms. The molecule has 4 aliphatic heterocycles. The predicted molar refractivity (Wildman–Crippen MR) is 180 cm³/mol. The molecule has 2 aromatic heterocycles. The van der Waals surface area contributed by atoms with E-state index < -0.39 is 0 Å². The van der Waals surface area contributed by atoms with Crippen molar-refractivity contribution in [3.63, 3.8) is 0 Å². The second-order valence-electron chi connectivity index (χ2n) is 13.9. The zero-order valence-corrected chi connectivity index (χ0v) is 28.3. The molecule has 6 heterocycles. The van der Waals surface area contributed by atoms with E-state index in [0.717, 1.165) is 116 Å². The van der Waals surface area contributed by atoms with Gasteiger partial charge in [0.25, 0.3) is 0 Å². The molecule has 4 fully saturated rings. The molecule has 0 spiro atoms. The summed E-state index contributed by atoms with van der Waals surface area (Å²) in [5.41, 5.74) is 0. The van der Waals surface area contributed by atoms with Crippen LogP contribution >= 0.6 is 0 Å². The van der Waals surface area contributed by atoms with Gasteiger partial charge in [0.05, 0.1) is 18.7 Å². The van der Waals surface area contributed by atoms with Gasteiger partial charge < -0.3 is 34.5 Å². The van der Waals surface area contributed by atoms with E-state index in [1.807, 2.05) is 37.4 Å². The number of rotatable bonds is 10. The van der Waals surface area contributed by atoms with Gasteiger partial charge in [0.15, 0.2) is 0 Å². The lowest BCUT2D eigenvalue weighted by atomic mass is 9.91. The van der Waals surface area contributed by atoms with E-state index >= 15 is 0 Å². The molecule has 256 valence electrons. The number of carbonyl (C=O) groups excluding carboxylic acids is 2. The van der Waals surface area contributed by atoms with Crippen molar-refractivity contribution in [3.05, 3.63) is 37.4 Å². The fraction of sp³-hybridized carbons (Fsp3) is 0.765. The van der Waals surface area contributed by atoms with E-state index in [2.05, 4.69) is 63.4 Å². The Morgan fingerprint density at radius 1 is 0.739 bits per heavy atom. The van der Waals surface area contributed by atoms with Crippen molar-refractivity contribution in [3.8, 4) is 0 Å². The molecular weight excluding hydrogens is 580 g/mol. The van der Waals surface area contributed by atoms with Crippen molar-refractivity contribution in [1.29, 1.82) is 0 Å². The van der Waals surface area contributed by atoms with E-state index in [1.165, 1.54) is 25.7 Å². The summed E-state index contributed by atoms with van der Waals surface area (Å²) in [4.78, 5) is 42.1. The molecule has 0 aromatic carbocycles. The average molecular weight is 639 g/mol. The standard InChI is InChI=1S/C18H31N5O.C16H27N5O/c1-20-12-13-21(2)17(14-20)18(24)23-9-5-16(6-10-23)4-3-8-22-11-7-19-15-22;22-16(15-12-17-5-6-19-15)21-9-3-14(4-10-21)2-1-8-20-11-7-18-13-20/h7,11,15-17H,3-6,8-10,12-14H2,1-2H3;7,11,13-15,17,19H,1-6,8-10,12H2. The largest absolute Gasteiger partial charge is 0.341 e. The second kappa shape index (κ2) is 17.9. The molecule has 2 N–H and O–H groups in total. The van der Waals surface area contributed by atoms with Crippen molar-refractivity contribution in [1.82, 2.24) is 49.3 Å². The van der Waals surface area contributed by atoms with Crippen molar-refractivity contribution in [2.45, 2.75) is 76.5 Å². The fourth-order valence-corrected chi connectivity index (χ4v) is 7.38. The smallest absolute Gasteiger partial charge is 0.241 e. The SMILES string of the molecule is CN1CCN(C)C(C(=O)N2CCC(CCCn3ccnc3)CC2)C1.O=C(C1CNCCN1)N1CCC(CCCn2ccnc2)CC1. The Morgan fingerprint density at radius 3 is 1.80 bits per heavy atom. The van der Waals surface area contributed by atoms with Crippen molar-refractivity contribution in [2.75, 3.05) is 79.5 Å². The van der Waals surface area contributed by atoms with Crippen LogP contribution in [0.15, 0.2) is 37.4 Å². The lowest BCUT2D eigenvalue weighted by molar-refractivity contribution is -0.140. The summed E-state index contributed by atoms with van der Waals surface area (Å²) in [6.45, 7) is 11.3.